The van der Waals surface area contributed by atoms with Gasteiger partial charge in [0.05, 0.1) is 33.3 Å². The quantitative estimate of drug-likeness (QED) is 0.147. The molecule has 10 nitrogen and oxygen atoms in total. The highest BCUT2D eigenvalue weighted by molar-refractivity contribution is 6.14. The smallest absolute Gasteiger partial charge is 0.164 e. The number of fused-ring (bicyclic) bond motifs is 27. The number of para-hydroxylation sites is 8. The van der Waals surface area contributed by atoms with Gasteiger partial charge in [0.2, 0.25) is 0 Å². The Morgan fingerprint density at radius 3 is 1.18 bits per heavy atom. The van der Waals surface area contributed by atoms with Gasteiger partial charge in [-0.15, -0.1) is 0 Å². The predicted octanol–water partition coefficient (Wildman–Crippen LogP) is 26.2. The molecule has 4 aliphatic rings. The molecule has 7 heterocycles. The maximum absolute atomic E-state index is 7.12. The van der Waals surface area contributed by atoms with Crippen LogP contribution in [0.3, 0.4) is 0 Å². The van der Waals surface area contributed by atoms with Gasteiger partial charge in [0.1, 0.15) is 45.3 Å². The summed E-state index contributed by atoms with van der Waals surface area (Å²) in [6.45, 7) is 0. The van der Waals surface area contributed by atoms with Crippen LogP contribution in [0.25, 0.3) is 173 Å². The van der Waals surface area contributed by atoms with Gasteiger partial charge < -0.3 is 22.9 Å². The zero-order chi connectivity index (χ0) is 75.2. The second-order valence-corrected chi connectivity index (χ2v) is 30.3. The van der Waals surface area contributed by atoms with Crippen molar-refractivity contribution in [1.82, 2.24) is 29.5 Å². The number of hydrogen-bond acceptors (Lipinski definition) is 9. The molecule has 0 fully saturated rings. The molecule has 0 unspecified atom stereocenters. The molecule has 0 atom stereocenters. The molecule has 0 radical (unpaired) electrons. The number of nitrogens with zero attached hydrogens (tertiary/aromatic N) is 6. The molecule has 25 rings (SSSR count). The van der Waals surface area contributed by atoms with E-state index in [4.69, 9.17) is 43.2 Å². The van der Waals surface area contributed by atoms with Crippen LogP contribution in [0, 0.1) is 0 Å². The van der Waals surface area contributed by atoms with Gasteiger partial charge in [0.15, 0.2) is 23.3 Å². The van der Waals surface area contributed by atoms with Crippen LogP contribution in [0.4, 0.5) is 0 Å². The topological polar surface area (TPSA) is 114 Å². The summed E-state index contributed by atoms with van der Waals surface area (Å²) in [7, 11) is 0. The summed E-state index contributed by atoms with van der Waals surface area (Å²) in [5, 5.41) is 6.32. The zero-order valence-corrected chi connectivity index (χ0v) is 61.5. The van der Waals surface area contributed by atoms with E-state index in [9.17, 15) is 0 Å². The monoisotopic (exact) mass is 1470 g/mol. The molecule has 5 aromatic heterocycles. The van der Waals surface area contributed by atoms with E-state index >= 15 is 0 Å². The van der Waals surface area contributed by atoms with E-state index in [1.807, 2.05) is 30.3 Å². The Kier molecular flexibility index (Phi) is 13.3. The average molecular weight is 1470 g/mol. The molecule has 115 heavy (non-hydrogen) atoms. The maximum Gasteiger partial charge on any atom is 0.164 e. The zero-order valence-electron chi connectivity index (χ0n) is 61.5. The van der Waals surface area contributed by atoms with Gasteiger partial charge in [-0.05, 0) is 159 Å². The van der Waals surface area contributed by atoms with Crippen LogP contribution in [0.5, 0.6) is 23.0 Å². The molecular weight excluding hydrogens is 1410 g/mol. The van der Waals surface area contributed by atoms with Gasteiger partial charge in [-0.3, -0.25) is 0 Å². The molecule has 16 aromatic carbocycles. The molecule has 2 aliphatic heterocycles. The molecule has 0 bridgehead atoms. The lowest BCUT2D eigenvalue weighted by Crippen LogP contribution is -2.32. The fraction of sp³-hybridized carbons (Fsp3) is 0.0190. The van der Waals surface area contributed by atoms with E-state index in [2.05, 4.69) is 338 Å². The first-order valence-corrected chi connectivity index (χ1v) is 38.9. The summed E-state index contributed by atoms with van der Waals surface area (Å²) in [5.74, 6) is 5.69. The lowest BCUT2D eigenvalue weighted by Gasteiger charge is -2.39. The molecule has 0 saturated carbocycles. The Balaban J connectivity index is 0.598. The second-order valence-electron chi connectivity index (χ2n) is 30.3. The summed E-state index contributed by atoms with van der Waals surface area (Å²) in [6.07, 6.45) is 0. The van der Waals surface area contributed by atoms with E-state index < -0.39 is 10.8 Å². The van der Waals surface area contributed by atoms with Gasteiger partial charge in [-0.1, -0.05) is 261 Å². The summed E-state index contributed by atoms with van der Waals surface area (Å²) < 4.78 is 29.7. The van der Waals surface area contributed by atoms with Crippen LogP contribution in [-0.2, 0) is 10.8 Å². The Bertz CT molecular complexity index is 7670. The molecule has 2 spiro atoms. The molecule has 0 amide bonds. The van der Waals surface area contributed by atoms with Gasteiger partial charge in [-0.2, -0.15) is 0 Å². The van der Waals surface area contributed by atoms with E-state index in [0.717, 1.165) is 200 Å². The van der Waals surface area contributed by atoms with Gasteiger partial charge >= 0.3 is 0 Å². The third kappa shape index (κ3) is 8.95. The first-order chi connectivity index (χ1) is 57.0. The van der Waals surface area contributed by atoms with Crippen molar-refractivity contribution in [3.05, 3.63) is 408 Å². The van der Waals surface area contributed by atoms with E-state index in [0.29, 0.717) is 29.0 Å². The highest BCUT2D eigenvalue weighted by atomic mass is 16.5. The fourth-order valence-corrected chi connectivity index (χ4v) is 19.7. The van der Waals surface area contributed by atoms with E-state index in [1.165, 1.54) is 11.1 Å². The number of furan rings is 2. The molecule has 2 aliphatic carbocycles. The third-order valence-electron chi connectivity index (χ3n) is 24.5. The van der Waals surface area contributed by atoms with Gasteiger partial charge in [0.25, 0.3) is 0 Å². The van der Waals surface area contributed by atoms with Crippen LogP contribution in [0.15, 0.2) is 373 Å². The molecule has 0 saturated heterocycles. The molecule has 10 heteroatoms. The molecule has 0 N–H and O–H groups in total. The van der Waals surface area contributed by atoms with Crippen molar-refractivity contribution in [2.24, 2.45) is 0 Å². The summed E-state index contributed by atoms with van der Waals surface area (Å²) in [6, 6.07) is 129. The van der Waals surface area contributed by atoms with Crippen LogP contribution in [-0.4, -0.2) is 29.5 Å². The van der Waals surface area contributed by atoms with Crippen LogP contribution < -0.4 is 9.47 Å². The second kappa shape index (κ2) is 24.1. The van der Waals surface area contributed by atoms with E-state index in [-0.39, 0.29) is 0 Å². The first-order valence-electron chi connectivity index (χ1n) is 38.9. The Hall–Kier alpha value is -15.4. The minimum Gasteiger partial charge on any atom is -0.457 e. The summed E-state index contributed by atoms with van der Waals surface area (Å²) in [4.78, 5) is 27.5. The number of aromatic nitrogens is 6. The minimum atomic E-state index is -0.688. The Morgan fingerprint density at radius 2 is 0.609 bits per heavy atom. The molecule has 21 aromatic rings. The number of ether oxygens (including phenoxy) is 2. The predicted molar refractivity (Wildman–Crippen MR) is 457 cm³/mol. The Morgan fingerprint density at radius 1 is 0.226 bits per heavy atom. The normalized spacial score (nSPS) is 13.5. The van der Waals surface area contributed by atoms with Crippen LogP contribution in [0.1, 0.15) is 44.5 Å². The molecule has 534 valence electrons. The van der Waals surface area contributed by atoms with Gasteiger partial charge in [-0.25, -0.2) is 24.9 Å². The largest absolute Gasteiger partial charge is 0.457 e. The number of benzene rings is 16. The first kappa shape index (κ1) is 63.4. The highest BCUT2D eigenvalue weighted by Crippen LogP contribution is 2.66. The van der Waals surface area contributed by atoms with Crippen molar-refractivity contribution in [2.45, 2.75) is 10.8 Å². The standard InChI is InChI=1S/C105H60N6O4/c1-2-24-61(25-3-1)100-108-101(110-103(109-100)75-35-23-43-85-97(75)71-29-5-9-37-79(71)105(85)82-40-12-18-48-94(82)113-95-49-19-13-41-83(95)105)62-50-54-65(55-51-62)111-88-44-14-6-26-66(88)76-58-63(52-56-89(76)111)64-53-57-91-77(59-64)69-31-21-33-73(99(69)115-91)87-60-86(72-32-20-30-68-67-27-7-15-45-90(67)114-98(68)72)106-102(107-87)74-34-22-42-84-96(74)70-28-4-8-36-78(70)104(84)80-38-10-16-46-92(80)112-93-47-17-11-39-81(93)104/h1-60H. The van der Waals surface area contributed by atoms with Crippen LogP contribution in [0.2, 0.25) is 0 Å². The lowest BCUT2D eigenvalue weighted by atomic mass is 9.66. The van der Waals surface area contributed by atoms with Crippen molar-refractivity contribution in [3.63, 3.8) is 0 Å². The average Bonchev–Trinajstić information content (AvgIpc) is 1.53. The Labute approximate surface area is 658 Å². The van der Waals surface area contributed by atoms with Crippen molar-refractivity contribution in [1.29, 1.82) is 0 Å². The van der Waals surface area contributed by atoms with Crippen molar-refractivity contribution in [3.8, 4) is 130 Å². The highest BCUT2D eigenvalue weighted by Gasteiger charge is 2.54. The maximum atomic E-state index is 7.12. The third-order valence-corrected chi connectivity index (χ3v) is 24.5. The SMILES string of the molecule is c1ccc(-c2nc(-c3ccc(-n4c5ccccc5c5cc(-c6ccc7oc8c(-c9cc(-c%10cccc%11c%10oc%10ccccc%10%11)nc(-c%10cccc%11c%10-c%10ccccc%10C%11%10c%11ccccc%11Oc%11ccccc%11%10)n9)cccc8c7c6)ccc54)cc3)nc(-c3cccc4c3-c3ccccc3C43c4ccccc4Oc4ccccc43)n2)cc1. The van der Waals surface area contributed by atoms with Crippen molar-refractivity contribution in [2.75, 3.05) is 0 Å². The lowest BCUT2D eigenvalue weighted by molar-refractivity contribution is 0.436. The summed E-state index contributed by atoms with van der Waals surface area (Å²) in [5.41, 5.74) is 27.3. The number of rotatable bonds is 8. The summed E-state index contributed by atoms with van der Waals surface area (Å²) >= 11 is 0. The van der Waals surface area contributed by atoms with Crippen molar-refractivity contribution < 1.29 is 18.3 Å². The molecular formula is C105H60N6O4. The fourth-order valence-electron chi connectivity index (χ4n) is 19.7. The number of hydrogen-bond donors (Lipinski definition) is 0. The van der Waals surface area contributed by atoms with E-state index in [1.54, 1.807) is 0 Å². The minimum absolute atomic E-state index is 0.576. The van der Waals surface area contributed by atoms with Crippen molar-refractivity contribution >= 4 is 65.7 Å². The van der Waals surface area contributed by atoms with Gasteiger partial charge in [0, 0.05) is 93.6 Å². The van der Waals surface area contributed by atoms with Crippen LogP contribution >= 0.6 is 0 Å².